The van der Waals surface area contributed by atoms with E-state index in [0.717, 1.165) is 0 Å². The number of hydrogen-bond donors (Lipinski definition) is 2. The fourth-order valence-electron chi connectivity index (χ4n) is 3.37. The van der Waals surface area contributed by atoms with Crippen molar-refractivity contribution in [1.82, 2.24) is 19.7 Å². The van der Waals surface area contributed by atoms with Gasteiger partial charge in [-0.3, -0.25) is 19.6 Å². The third kappa shape index (κ3) is 4.02. The normalized spacial score (nSPS) is 11.0. The van der Waals surface area contributed by atoms with Gasteiger partial charge in [-0.2, -0.15) is 5.10 Å². The topological polar surface area (TPSA) is 102 Å². The molecule has 0 bridgehead atoms. The molecule has 0 atom stereocenters. The smallest absolute Gasteiger partial charge is 0.258 e. The molecule has 1 aromatic carbocycles. The number of amides is 2. The van der Waals surface area contributed by atoms with Gasteiger partial charge in [0, 0.05) is 36.3 Å². The maximum atomic E-state index is 14.5. The number of aromatic nitrogens is 4. The molecule has 8 nitrogen and oxygen atoms in total. The molecule has 0 aliphatic carbocycles. The van der Waals surface area contributed by atoms with Crippen molar-refractivity contribution in [3.63, 3.8) is 0 Å². The minimum absolute atomic E-state index is 0.274. The van der Waals surface area contributed by atoms with Gasteiger partial charge in [-0.05, 0) is 38.1 Å². The van der Waals surface area contributed by atoms with Crippen LogP contribution in [0.1, 0.15) is 28.7 Å². The number of halogens is 1. The van der Waals surface area contributed by atoms with Gasteiger partial charge in [0.05, 0.1) is 22.3 Å². The number of rotatable bonds is 4. The first-order valence-electron chi connectivity index (χ1n) is 9.38. The van der Waals surface area contributed by atoms with Crippen LogP contribution in [0.3, 0.4) is 0 Å². The number of carbonyl (C=O) groups excluding carboxylic acids is 2. The first-order valence-corrected chi connectivity index (χ1v) is 10.3. The van der Waals surface area contributed by atoms with Crippen LogP contribution in [0.5, 0.6) is 0 Å². The van der Waals surface area contributed by atoms with Gasteiger partial charge in [0.1, 0.15) is 5.82 Å². The molecule has 4 rings (SSSR count). The highest BCUT2D eigenvalue weighted by Crippen LogP contribution is 2.29. The second-order valence-corrected chi connectivity index (χ2v) is 7.94. The predicted octanol–water partition coefficient (Wildman–Crippen LogP) is 4.06. The lowest BCUT2D eigenvalue weighted by Gasteiger charge is -2.06. The molecule has 31 heavy (non-hydrogen) atoms. The van der Waals surface area contributed by atoms with Gasteiger partial charge in [0.15, 0.2) is 10.8 Å². The lowest BCUT2D eigenvalue weighted by molar-refractivity contribution is -0.114. The summed E-state index contributed by atoms with van der Waals surface area (Å²) in [5.74, 6) is -1.14. The van der Waals surface area contributed by atoms with Crippen molar-refractivity contribution in [3.8, 4) is 11.3 Å². The summed E-state index contributed by atoms with van der Waals surface area (Å²) in [6.07, 6.45) is 0. The summed E-state index contributed by atoms with van der Waals surface area (Å²) in [6, 6.07) is 6.08. The van der Waals surface area contributed by atoms with E-state index in [1.54, 1.807) is 29.2 Å². The Morgan fingerprint density at radius 1 is 1.13 bits per heavy atom. The first kappa shape index (κ1) is 20.6. The molecule has 3 aromatic heterocycles. The average Bonchev–Trinajstić information content (AvgIpc) is 3.25. The molecule has 158 valence electrons. The molecule has 0 radical (unpaired) electrons. The number of nitrogens with zero attached hydrogens (tertiary/aromatic N) is 4. The van der Waals surface area contributed by atoms with Gasteiger partial charge in [0.2, 0.25) is 5.91 Å². The van der Waals surface area contributed by atoms with E-state index in [1.165, 1.54) is 30.4 Å². The van der Waals surface area contributed by atoms with Crippen LogP contribution < -0.4 is 10.6 Å². The van der Waals surface area contributed by atoms with E-state index in [1.807, 2.05) is 13.8 Å². The van der Waals surface area contributed by atoms with E-state index in [9.17, 15) is 14.0 Å². The zero-order valence-corrected chi connectivity index (χ0v) is 18.1. The Morgan fingerprint density at radius 2 is 1.90 bits per heavy atom. The van der Waals surface area contributed by atoms with Crippen LogP contribution in [0.15, 0.2) is 29.6 Å². The predicted molar refractivity (Wildman–Crippen MR) is 118 cm³/mol. The zero-order valence-electron chi connectivity index (χ0n) is 17.3. The Morgan fingerprint density at radius 3 is 2.61 bits per heavy atom. The third-order valence-corrected chi connectivity index (χ3v) is 5.39. The number of aryl methyl sites for hydroxylation is 3. The molecule has 0 spiro atoms. The van der Waals surface area contributed by atoms with E-state index >= 15 is 0 Å². The van der Waals surface area contributed by atoms with Crippen LogP contribution in [0, 0.1) is 19.7 Å². The van der Waals surface area contributed by atoms with Crippen LogP contribution in [0.4, 0.5) is 15.2 Å². The Kier molecular flexibility index (Phi) is 5.24. The Balaban J connectivity index is 1.61. The average molecular weight is 438 g/mol. The molecule has 0 saturated heterocycles. The molecule has 4 aromatic rings. The number of benzene rings is 1. The summed E-state index contributed by atoms with van der Waals surface area (Å²) in [5, 5.41) is 12.4. The van der Waals surface area contributed by atoms with Gasteiger partial charge in [0.25, 0.3) is 5.91 Å². The molecule has 3 heterocycles. The number of nitrogens with one attached hydrogen (secondary N) is 2. The molecule has 0 aliphatic rings. The molecule has 0 aliphatic heterocycles. The van der Waals surface area contributed by atoms with Crippen LogP contribution in [0.25, 0.3) is 22.3 Å². The molecular weight excluding hydrogens is 419 g/mol. The van der Waals surface area contributed by atoms with E-state index in [-0.39, 0.29) is 17.4 Å². The van der Waals surface area contributed by atoms with Crippen LogP contribution in [-0.2, 0) is 11.8 Å². The molecule has 0 fully saturated rings. The van der Waals surface area contributed by atoms with Gasteiger partial charge in [-0.1, -0.05) is 0 Å². The largest absolute Gasteiger partial charge is 0.326 e. The van der Waals surface area contributed by atoms with E-state index in [0.29, 0.717) is 44.5 Å². The molecule has 2 amide bonds. The van der Waals surface area contributed by atoms with Gasteiger partial charge in [-0.15, -0.1) is 11.3 Å². The minimum Gasteiger partial charge on any atom is -0.326 e. The third-order valence-electron chi connectivity index (χ3n) is 4.63. The number of anilines is 2. The van der Waals surface area contributed by atoms with Crippen molar-refractivity contribution < 1.29 is 14.0 Å². The maximum absolute atomic E-state index is 14.5. The van der Waals surface area contributed by atoms with Crippen LogP contribution in [0.2, 0.25) is 0 Å². The molecule has 0 saturated carbocycles. The number of fused-ring (bicyclic) bond motifs is 1. The lowest BCUT2D eigenvalue weighted by atomic mass is 10.1. The maximum Gasteiger partial charge on any atom is 0.258 e. The first-order chi connectivity index (χ1) is 14.7. The minimum atomic E-state index is -0.521. The van der Waals surface area contributed by atoms with Crippen molar-refractivity contribution in [2.24, 2.45) is 7.05 Å². The molecule has 0 unspecified atom stereocenters. The quantitative estimate of drug-likeness (QED) is 0.500. The molecule has 10 heteroatoms. The molecule has 2 N–H and O–H groups in total. The van der Waals surface area contributed by atoms with Gasteiger partial charge in [-0.25, -0.2) is 14.4 Å². The van der Waals surface area contributed by atoms with Crippen molar-refractivity contribution in [2.45, 2.75) is 20.8 Å². The summed E-state index contributed by atoms with van der Waals surface area (Å²) < 4.78 is 16.1. The summed E-state index contributed by atoms with van der Waals surface area (Å²) in [7, 11) is 1.78. The Bertz CT molecular complexity index is 1340. The Labute approximate surface area is 181 Å². The molecular formula is C21H19FN6O2S. The SMILES string of the molecule is CC(=O)Nc1ccc(-c2csc(NC(=O)c3cc(C)nc4c3c(C)nn4C)n2)c(F)c1. The van der Waals surface area contributed by atoms with Crippen molar-refractivity contribution in [2.75, 3.05) is 10.6 Å². The van der Waals surface area contributed by atoms with Gasteiger partial charge < -0.3 is 5.32 Å². The fraction of sp³-hybridized carbons (Fsp3) is 0.190. The lowest BCUT2D eigenvalue weighted by Crippen LogP contribution is -2.13. The Hall–Kier alpha value is -3.66. The fourth-order valence-corrected chi connectivity index (χ4v) is 4.08. The monoisotopic (exact) mass is 438 g/mol. The zero-order chi connectivity index (χ0) is 22.3. The second kappa shape index (κ2) is 7.88. The van der Waals surface area contributed by atoms with E-state index in [4.69, 9.17) is 0 Å². The van der Waals surface area contributed by atoms with Crippen molar-refractivity contribution in [3.05, 3.63) is 52.4 Å². The number of thiazole rings is 1. The highest BCUT2D eigenvalue weighted by Gasteiger charge is 2.19. The van der Waals surface area contributed by atoms with Crippen LogP contribution >= 0.6 is 11.3 Å². The highest BCUT2D eigenvalue weighted by molar-refractivity contribution is 7.14. The standard InChI is InChI=1S/C21H19FN6O2S/c1-10-7-15(18-11(2)27-28(4)19(18)23-10)20(30)26-21-25-17(9-31-21)14-6-5-13(8-16(14)22)24-12(3)29/h5-9H,1-4H3,(H,24,29)(H,25,26,30). The van der Waals surface area contributed by atoms with Crippen molar-refractivity contribution >= 4 is 45.0 Å². The van der Waals surface area contributed by atoms with Crippen LogP contribution in [-0.4, -0.2) is 31.6 Å². The second-order valence-electron chi connectivity index (χ2n) is 7.09. The number of carbonyl (C=O) groups is 2. The summed E-state index contributed by atoms with van der Waals surface area (Å²) >= 11 is 1.19. The number of pyridine rings is 1. The number of hydrogen-bond acceptors (Lipinski definition) is 6. The summed E-state index contributed by atoms with van der Waals surface area (Å²) in [5.41, 5.74) is 3.51. The van der Waals surface area contributed by atoms with E-state index in [2.05, 4.69) is 25.7 Å². The van der Waals surface area contributed by atoms with Gasteiger partial charge >= 0.3 is 0 Å². The summed E-state index contributed by atoms with van der Waals surface area (Å²) in [6.45, 7) is 4.99. The highest BCUT2D eigenvalue weighted by atomic mass is 32.1. The van der Waals surface area contributed by atoms with Crippen molar-refractivity contribution in [1.29, 1.82) is 0 Å². The summed E-state index contributed by atoms with van der Waals surface area (Å²) in [4.78, 5) is 32.9. The van der Waals surface area contributed by atoms with E-state index < -0.39 is 5.82 Å².